The maximum atomic E-state index is 12.1. The summed E-state index contributed by atoms with van der Waals surface area (Å²) in [7, 11) is 0. The Morgan fingerprint density at radius 1 is 1.24 bits per heavy atom. The van der Waals surface area contributed by atoms with Gasteiger partial charge in [0, 0.05) is 29.2 Å². The van der Waals surface area contributed by atoms with Crippen LogP contribution in [0.5, 0.6) is 0 Å². The van der Waals surface area contributed by atoms with Crippen molar-refractivity contribution in [3.63, 3.8) is 0 Å². The van der Waals surface area contributed by atoms with Gasteiger partial charge in [0.2, 0.25) is 5.91 Å². The number of amides is 1. The zero-order chi connectivity index (χ0) is 18.1. The molecule has 0 bridgehead atoms. The highest BCUT2D eigenvalue weighted by Gasteiger charge is 2.10. The third kappa shape index (κ3) is 5.48. The summed E-state index contributed by atoms with van der Waals surface area (Å²) in [6, 6.07) is 15.6. The van der Waals surface area contributed by atoms with Gasteiger partial charge in [-0.15, -0.1) is 11.8 Å². The van der Waals surface area contributed by atoms with Crippen molar-refractivity contribution in [2.75, 3.05) is 11.1 Å². The van der Waals surface area contributed by atoms with Crippen LogP contribution in [0.1, 0.15) is 12.0 Å². The highest BCUT2D eigenvalue weighted by atomic mass is 32.2. The standard InChI is InChI=1S/C18H15N3O3S/c19-12-5-13-25-17-9-4-2-7-15(17)20-18(22)11-10-14-6-1-3-8-16(14)21(23)24/h1-4,6-11H,5,13H2,(H,20,22). The largest absolute Gasteiger partial charge is 0.321 e. The number of nitrogens with zero attached hydrogens (tertiary/aromatic N) is 2. The van der Waals surface area contributed by atoms with E-state index >= 15 is 0 Å². The van der Waals surface area contributed by atoms with Gasteiger partial charge in [-0.05, 0) is 24.3 Å². The van der Waals surface area contributed by atoms with Gasteiger partial charge in [-0.3, -0.25) is 14.9 Å². The summed E-state index contributed by atoms with van der Waals surface area (Å²) in [5, 5.41) is 22.3. The lowest BCUT2D eigenvalue weighted by Crippen LogP contribution is -2.08. The zero-order valence-corrected chi connectivity index (χ0v) is 14.0. The lowest BCUT2D eigenvalue weighted by Gasteiger charge is -2.08. The van der Waals surface area contributed by atoms with Gasteiger partial charge in [0.05, 0.1) is 22.2 Å². The number of nitrogens with one attached hydrogen (secondary N) is 1. The average Bonchev–Trinajstić information content (AvgIpc) is 2.62. The van der Waals surface area contributed by atoms with Crippen LogP contribution in [0.15, 0.2) is 59.5 Å². The van der Waals surface area contributed by atoms with Crippen LogP contribution in [0.2, 0.25) is 0 Å². The van der Waals surface area contributed by atoms with E-state index < -0.39 is 4.92 Å². The fourth-order valence-corrected chi connectivity index (χ4v) is 2.90. The molecule has 126 valence electrons. The fourth-order valence-electron chi connectivity index (χ4n) is 2.04. The van der Waals surface area contributed by atoms with Gasteiger partial charge in [-0.25, -0.2) is 0 Å². The first-order valence-corrected chi connectivity index (χ1v) is 8.41. The van der Waals surface area contributed by atoms with E-state index in [4.69, 9.17) is 5.26 Å². The number of carbonyl (C=O) groups excluding carboxylic acids is 1. The number of carbonyl (C=O) groups is 1. The summed E-state index contributed by atoms with van der Waals surface area (Å²) in [5.41, 5.74) is 0.945. The van der Waals surface area contributed by atoms with Crippen molar-refractivity contribution in [2.45, 2.75) is 11.3 Å². The summed E-state index contributed by atoms with van der Waals surface area (Å²) >= 11 is 1.48. The number of benzene rings is 2. The highest BCUT2D eigenvalue weighted by Crippen LogP contribution is 2.27. The van der Waals surface area contributed by atoms with Crippen molar-refractivity contribution in [3.05, 3.63) is 70.3 Å². The minimum Gasteiger partial charge on any atom is -0.321 e. The molecule has 0 heterocycles. The van der Waals surface area contributed by atoms with Gasteiger partial charge >= 0.3 is 0 Å². The SMILES string of the molecule is N#CCCSc1ccccc1NC(=O)C=Cc1ccccc1[N+](=O)[O-]. The Kier molecular flexibility index (Phi) is 6.75. The molecule has 6 nitrogen and oxygen atoms in total. The first kappa shape index (κ1) is 18.2. The lowest BCUT2D eigenvalue weighted by molar-refractivity contribution is -0.385. The van der Waals surface area contributed by atoms with Crippen molar-refractivity contribution >= 4 is 35.1 Å². The minimum atomic E-state index is -0.487. The second kappa shape index (κ2) is 9.25. The Balaban J connectivity index is 2.08. The van der Waals surface area contributed by atoms with Crippen LogP contribution in [0.25, 0.3) is 6.08 Å². The number of hydrogen-bond donors (Lipinski definition) is 1. The molecule has 0 fully saturated rings. The molecule has 0 saturated carbocycles. The maximum Gasteiger partial charge on any atom is 0.276 e. The van der Waals surface area contributed by atoms with Crippen molar-refractivity contribution in [2.24, 2.45) is 0 Å². The van der Waals surface area contributed by atoms with Crippen molar-refractivity contribution in [1.29, 1.82) is 5.26 Å². The molecule has 1 amide bonds. The topological polar surface area (TPSA) is 96.0 Å². The molecule has 0 radical (unpaired) electrons. The van der Waals surface area contributed by atoms with Crippen LogP contribution >= 0.6 is 11.8 Å². The molecule has 0 atom stereocenters. The summed E-state index contributed by atoms with van der Waals surface area (Å²) in [6.07, 6.45) is 3.10. The van der Waals surface area contributed by atoms with Crippen LogP contribution in [0.4, 0.5) is 11.4 Å². The van der Waals surface area contributed by atoms with Gasteiger partial charge in [0.1, 0.15) is 0 Å². The molecule has 0 aliphatic carbocycles. The number of rotatable bonds is 7. The van der Waals surface area contributed by atoms with Crippen LogP contribution in [-0.2, 0) is 4.79 Å². The molecule has 0 saturated heterocycles. The first-order valence-electron chi connectivity index (χ1n) is 7.43. The molecular formula is C18H15N3O3S. The van der Waals surface area contributed by atoms with E-state index in [-0.39, 0.29) is 11.6 Å². The fraction of sp³-hybridized carbons (Fsp3) is 0.111. The number of nitro groups is 1. The molecule has 2 aromatic carbocycles. The van der Waals surface area contributed by atoms with Crippen LogP contribution < -0.4 is 5.32 Å². The van der Waals surface area contributed by atoms with Crippen LogP contribution in [0, 0.1) is 21.4 Å². The van der Waals surface area contributed by atoms with E-state index in [1.165, 1.54) is 30.0 Å². The predicted molar refractivity (Wildman–Crippen MR) is 98.2 cm³/mol. The molecule has 25 heavy (non-hydrogen) atoms. The maximum absolute atomic E-state index is 12.1. The quantitative estimate of drug-likeness (QED) is 0.264. The highest BCUT2D eigenvalue weighted by molar-refractivity contribution is 7.99. The number of hydrogen-bond acceptors (Lipinski definition) is 5. The second-order valence-electron chi connectivity index (χ2n) is 4.89. The number of nitriles is 1. The number of thioether (sulfide) groups is 1. The molecule has 2 aromatic rings. The summed E-state index contributed by atoms with van der Waals surface area (Å²) in [4.78, 5) is 23.5. The van der Waals surface area contributed by atoms with Crippen LogP contribution in [-0.4, -0.2) is 16.6 Å². The lowest BCUT2D eigenvalue weighted by atomic mass is 10.1. The van der Waals surface area contributed by atoms with E-state index in [9.17, 15) is 14.9 Å². The molecule has 1 N–H and O–H groups in total. The first-order chi connectivity index (χ1) is 12.1. The van der Waals surface area contributed by atoms with Crippen molar-refractivity contribution < 1.29 is 9.72 Å². The van der Waals surface area contributed by atoms with Gasteiger partial charge in [0.25, 0.3) is 5.69 Å². The molecule has 0 unspecified atom stereocenters. The number of anilines is 1. The second-order valence-corrected chi connectivity index (χ2v) is 6.03. The van der Waals surface area contributed by atoms with E-state index in [2.05, 4.69) is 11.4 Å². The number of para-hydroxylation sites is 2. The summed E-state index contributed by atoms with van der Waals surface area (Å²) in [6.45, 7) is 0. The normalized spacial score (nSPS) is 10.4. The summed E-state index contributed by atoms with van der Waals surface area (Å²) < 4.78 is 0. The van der Waals surface area contributed by atoms with Crippen molar-refractivity contribution in [1.82, 2.24) is 0 Å². The number of nitro benzene ring substituents is 1. The minimum absolute atomic E-state index is 0.0565. The molecule has 0 aromatic heterocycles. The summed E-state index contributed by atoms with van der Waals surface area (Å²) in [5.74, 6) is 0.251. The average molecular weight is 353 g/mol. The molecule has 0 aliphatic heterocycles. The molecule has 0 spiro atoms. The Bertz CT molecular complexity index is 843. The molecule has 2 rings (SSSR count). The third-order valence-corrected chi connectivity index (χ3v) is 4.24. The predicted octanol–water partition coefficient (Wildman–Crippen LogP) is 4.25. The van der Waals surface area contributed by atoms with E-state index in [0.717, 1.165) is 4.90 Å². The van der Waals surface area contributed by atoms with Crippen LogP contribution in [0.3, 0.4) is 0 Å². The molecule has 7 heteroatoms. The Morgan fingerprint density at radius 3 is 2.72 bits per heavy atom. The van der Waals surface area contributed by atoms with Gasteiger partial charge in [-0.1, -0.05) is 24.3 Å². The van der Waals surface area contributed by atoms with E-state index in [1.54, 1.807) is 30.3 Å². The zero-order valence-electron chi connectivity index (χ0n) is 13.2. The Morgan fingerprint density at radius 2 is 1.96 bits per heavy atom. The third-order valence-electron chi connectivity index (χ3n) is 3.16. The van der Waals surface area contributed by atoms with E-state index in [1.807, 2.05) is 12.1 Å². The Labute approximate surface area is 149 Å². The van der Waals surface area contributed by atoms with Gasteiger partial charge in [0.15, 0.2) is 0 Å². The Hall–Kier alpha value is -3.11. The van der Waals surface area contributed by atoms with Crippen molar-refractivity contribution in [3.8, 4) is 6.07 Å². The molecule has 0 aliphatic rings. The smallest absolute Gasteiger partial charge is 0.276 e. The van der Waals surface area contributed by atoms with E-state index in [0.29, 0.717) is 23.4 Å². The molecular weight excluding hydrogens is 338 g/mol. The van der Waals surface area contributed by atoms with Gasteiger partial charge < -0.3 is 5.32 Å². The van der Waals surface area contributed by atoms with Gasteiger partial charge in [-0.2, -0.15) is 5.26 Å². The monoisotopic (exact) mass is 353 g/mol.